The summed E-state index contributed by atoms with van der Waals surface area (Å²) >= 11 is 6.26. The number of rotatable bonds is 3. The SMILES string of the molecule is Cc1c(F)cccc1-n1c([C@H](C)NC(=O)OC(C)(C)C)nc2cccc(Cl)c2c1=O. The molecular formula is C22H23ClFN3O3. The van der Waals surface area contributed by atoms with Crippen molar-refractivity contribution in [1.82, 2.24) is 14.9 Å². The van der Waals surface area contributed by atoms with Gasteiger partial charge in [-0.1, -0.05) is 23.7 Å². The summed E-state index contributed by atoms with van der Waals surface area (Å²) in [4.78, 5) is 30.3. The Morgan fingerprint density at radius 1 is 1.23 bits per heavy atom. The van der Waals surface area contributed by atoms with E-state index >= 15 is 0 Å². The fourth-order valence-corrected chi connectivity index (χ4v) is 3.37. The first kappa shape index (κ1) is 21.8. The van der Waals surface area contributed by atoms with E-state index in [0.29, 0.717) is 11.2 Å². The maximum atomic E-state index is 14.3. The quantitative estimate of drug-likeness (QED) is 0.628. The number of carbonyl (C=O) groups is 1. The summed E-state index contributed by atoms with van der Waals surface area (Å²) in [5.41, 5.74) is -0.161. The van der Waals surface area contributed by atoms with Gasteiger partial charge in [0.15, 0.2) is 0 Å². The average molecular weight is 432 g/mol. The molecular weight excluding hydrogens is 409 g/mol. The number of nitrogens with zero attached hydrogens (tertiary/aromatic N) is 2. The smallest absolute Gasteiger partial charge is 0.408 e. The molecule has 8 heteroatoms. The van der Waals surface area contributed by atoms with E-state index in [1.54, 1.807) is 58.9 Å². The molecule has 0 aliphatic heterocycles. The highest BCUT2D eigenvalue weighted by Crippen LogP contribution is 2.25. The summed E-state index contributed by atoms with van der Waals surface area (Å²) in [5.74, 6) is -0.230. The van der Waals surface area contributed by atoms with Crippen molar-refractivity contribution in [2.75, 3.05) is 0 Å². The molecule has 6 nitrogen and oxygen atoms in total. The molecule has 158 valence electrons. The second-order valence-electron chi connectivity index (χ2n) is 8.00. The molecule has 30 heavy (non-hydrogen) atoms. The van der Waals surface area contributed by atoms with E-state index in [1.807, 2.05) is 0 Å². The van der Waals surface area contributed by atoms with Gasteiger partial charge in [-0.2, -0.15) is 0 Å². The number of amides is 1. The zero-order valence-electron chi connectivity index (χ0n) is 17.4. The van der Waals surface area contributed by atoms with E-state index < -0.39 is 29.1 Å². The van der Waals surface area contributed by atoms with E-state index in [0.717, 1.165) is 0 Å². The van der Waals surface area contributed by atoms with Crippen molar-refractivity contribution in [2.24, 2.45) is 0 Å². The van der Waals surface area contributed by atoms with Gasteiger partial charge in [-0.15, -0.1) is 0 Å². The Kier molecular flexibility index (Phi) is 5.85. The molecule has 0 radical (unpaired) electrons. The molecule has 0 fully saturated rings. The molecule has 0 unspecified atom stereocenters. The van der Waals surface area contributed by atoms with Gasteiger partial charge in [-0.05, 0) is 58.9 Å². The third-order valence-corrected chi connectivity index (χ3v) is 4.79. The summed E-state index contributed by atoms with van der Waals surface area (Å²) < 4.78 is 20.9. The highest BCUT2D eigenvalue weighted by molar-refractivity contribution is 6.35. The number of carbonyl (C=O) groups excluding carboxylic acids is 1. The van der Waals surface area contributed by atoms with Gasteiger partial charge in [-0.3, -0.25) is 9.36 Å². The van der Waals surface area contributed by atoms with Crippen LogP contribution in [-0.2, 0) is 4.74 Å². The molecule has 0 bridgehead atoms. The lowest BCUT2D eigenvalue weighted by atomic mass is 10.1. The van der Waals surface area contributed by atoms with Gasteiger partial charge in [0.05, 0.1) is 27.7 Å². The first-order valence-electron chi connectivity index (χ1n) is 9.46. The molecule has 2 aromatic carbocycles. The lowest BCUT2D eigenvalue weighted by Gasteiger charge is -2.24. The van der Waals surface area contributed by atoms with Gasteiger partial charge < -0.3 is 10.1 Å². The van der Waals surface area contributed by atoms with Gasteiger partial charge in [0.1, 0.15) is 17.2 Å². The highest BCUT2D eigenvalue weighted by atomic mass is 35.5. The minimum absolute atomic E-state index is 0.219. The third-order valence-electron chi connectivity index (χ3n) is 4.47. The lowest BCUT2D eigenvalue weighted by Crippen LogP contribution is -2.37. The summed E-state index contributed by atoms with van der Waals surface area (Å²) in [7, 11) is 0. The molecule has 0 saturated carbocycles. The molecule has 1 aromatic heterocycles. The molecule has 3 rings (SSSR count). The molecule has 1 N–H and O–H groups in total. The van der Waals surface area contributed by atoms with Crippen LogP contribution in [-0.4, -0.2) is 21.2 Å². The first-order chi connectivity index (χ1) is 14.0. The average Bonchev–Trinajstić information content (AvgIpc) is 2.62. The van der Waals surface area contributed by atoms with Crippen LogP contribution in [0.1, 0.15) is 45.1 Å². The Bertz CT molecular complexity index is 1180. The highest BCUT2D eigenvalue weighted by Gasteiger charge is 2.24. The zero-order valence-corrected chi connectivity index (χ0v) is 18.2. The fraction of sp³-hybridized carbons (Fsp3) is 0.318. The number of hydrogen-bond donors (Lipinski definition) is 1. The molecule has 0 aliphatic rings. The van der Waals surface area contributed by atoms with Crippen LogP contribution in [0.4, 0.5) is 9.18 Å². The van der Waals surface area contributed by atoms with Crippen molar-refractivity contribution in [3.63, 3.8) is 0 Å². The zero-order chi connectivity index (χ0) is 22.2. The number of ether oxygens (including phenoxy) is 1. The number of hydrogen-bond acceptors (Lipinski definition) is 4. The number of fused-ring (bicyclic) bond motifs is 1. The molecule has 1 heterocycles. The van der Waals surface area contributed by atoms with Crippen LogP contribution in [0.5, 0.6) is 0 Å². The normalized spacial score (nSPS) is 12.6. The second kappa shape index (κ2) is 8.07. The number of nitrogens with one attached hydrogen (secondary N) is 1. The Balaban J connectivity index is 2.23. The molecule has 1 amide bonds. The van der Waals surface area contributed by atoms with Crippen molar-refractivity contribution >= 4 is 28.6 Å². The third kappa shape index (κ3) is 4.31. The van der Waals surface area contributed by atoms with Gasteiger partial charge in [-0.25, -0.2) is 14.2 Å². The van der Waals surface area contributed by atoms with Gasteiger partial charge in [0, 0.05) is 5.56 Å². The molecule has 1 atom stereocenters. The molecule has 0 aliphatic carbocycles. The van der Waals surface area contributed by atoms with E-state index in [2.05, 4.69) is 10.3 Å². The van der Waals surface area contributed by atoms with Crippen LogP contribution in [0, 0.1) is 12.7 Å². The van der Waals surface area contributed by atoms with E-state index in [4.69, 9.17) is 16.3 Å². The summed E-state index contributed by atoms with van der Waals surface area (Å²) in [6.07, 6.45) is -0.655. The van der Waals surface area contributed by atoms with Crippen LogP contribution in [0.15, 0.2) is 41.2 Å². The number of halogens is 2. The number of aromatic nitrogens is 2. The second-order valence-corrected chi connectivity index (χ2v) is 8.40. The minimum atomic E-state index is -0.710. The Morgan fingerprint density at radius 3 is 2.57 bits per heavy atom. The largest absolute Gasteiger partial charge is 0.444 e. The van der Waals surface area contributed by atoms with Gasteiger partial charge in [0.25, 0.3) is 5.56 Å². The van der Waals surface area contributed by atoms with Gasteiger partial charge >= 0.3 is 6.09 Å². The van der Waals surface area contributed by atoms with E-state index in [1.165, 1.54) is 16.7 Å². The summed E-state index contributed by atoms with van der Waals surface area (Å²) in [6, 6.07) is 8.67. The fourth-order valence-electron chi connectivity index (χ4n) is 3.12. The van der Waals surface area contributed by atoms with Crippen LogP contribution in [0.2, 0.25) is 5.02 Å². The summed E-state index contributed by atoms with van der Waals surface area (Å²) in [6.45, 7) is 8.50. The van der Waals surface area contributed by atoms with Crippen LogP contribution >= 0.6 is 11.6 Å². The lowest BCUT2D eigenvalue weighted by molar-refractivity contribution is 0.0505. The maximum absolute atomic E-state index is 14.3. The topological polar surface area (TPSA) is 73.2 Å². The predicted octanol–water partition coefficient (Wildman–Crippen LogP) is 5.07. The predicted molar refractivity (Wildman–Crippen MR) is 115 cm³/mol. The van der Waals surface area contributed by atoms with Crippen LogP contribution in [0.25, 0.3) is 16.6 Å². The number of alkyl carbamates (subject to hydrolysis) is 1. The Hall–Kier alpha value is -2.93. The van der Waals surface area contributed by atoms with E-state index in [-0.39, 0.29) is 21.8 Å². The monoisotopic (exact) mass is 431 g/mol. The van der Waals surface area contributed by atoms with Crippen molar-refractivity contribution in [3.8, 4) is 5.69 Å². The van der Waals surface area contributed by atoms with Crippen molar-refractivity contribution < 1.29 is 13.9 Å². The Morgan fingerprint density at radius 2 is 1.90 bits per heavy atom. The van der Waals surface area contributed by atoms with Crippen molar-refractivity contribution in [2.45, 2.75) is 46.3 Å². The molecule has 3 aromatic rings. The van der Waals surface area contributed by atoms with E-state index in [9.17, 15) is 14.0 Å². The van der Waals surface area contributed by atoms with Crippen LogP contribution < -0.4 is 10.9 Å². The Labute approximate surface area is 178 Å². The van der Waals surface area contributed by atoms with Crippen LogP contribution in [0.3, 0.4) is 0 Å². The first-order valence-corrected chi connectivity index (χ1v) is 9.83. The standard InChI is InChI=1S/C22H23ClFN3O3/c1-12-15(24)9-7-11-17(12)27-19(13(2)25-21(29)30-22(3,4)5)26-16-10-6-8-14(23)18(16)20(27)28/h6-11,13H,1-5H3,(H,25,29)/t13-/m0/s1. The minimum Gasteiger partial charge on any atom is -0.444 e. The molecule has 0 saturated heterocycles. The van der Waals surface area contributed by atoms with Crippen molar-refractivity contribution in [1.29, 1.82) is 0 Å². The van der Waals surface area contributed by atoms with Crippen molar-refractivity contribution in [3.05, 3.63) is 69.0 Å². The summed E-state index contributed by atoms with van der Waals surface area (Å²) in [5, 5.41) is 3.15. The van der Waals surface area contributed by atoms with Gasteiger partial charge in [0.2, 0.25) is 0 Å². The maximum Gasteiger partial charge on any atom is 0.408 e. The molecule has 0 spiro atoms. The number of benzene rings is 2.